The number of rotatable bonds is 9. The number of carbonyl (C=O) groups is 1. The molecular weight excluding hydrogens is 594 g/mol. The summed E-state index contributed by atoms with van der Waals surface area (Å²) in [6.07, 6.45) is 0. The lowest BCUT2D eigenvalue weighted by atomic mass is 9.73. The van der Waals surface area contributed by atoms with Gasteiger partial charge in [-0.1, -0.05) is 83.1 Å². The molecule has 0 saturated heterocycles. The van der Waals surface area contributed by atoms with Gasteiger partial charge in [0, 0.05) is 62.1 Å². The van der Waals surface area contributed by atoms with Crippen LogP contribution >= 0.6 is 0 Å². The molecule has 4 aromatic carbocycles. The van der Waals surface area contributed by atoms with E-state index in [1.54, 1.807) is 4.90 Å². The predicted molar refractivity (Wildman–Crippen MR) is 197 cm³/mol. The number of hydrogen-bond acceptors (Lipinski definition) is 5. The lowest BCUT2D eigenvalue weighted by Gasteiger charge is -2.42. The second kappa shape index (κ2) is 12.3. The van der Waals surface area contributed by atoms with Gasteiger partial charge in [0.2, 0.25) is 0 Å². The van der Waals surface area contributed by atoms with Gasteiger partial charge in [0.1, 0.15) is 0 Å². The van der Waals surface area contributed by atoms with Crippen LogP contribution in [-0.2, 0) is 10.8 Å². The highest BCUT2D eigenvalue weighted by Crippen LogP contribution is 2.38. The number of carbonyl (C=O) groups excluding carboxylic acids is 1. The number of nitrogens with one attached hydrogen (secondary N) is 3. The summed E-state index contributed by atoms with van der Waals surface area (Å²) in [7, 11) is 0. The third-order valence-electron chi connectivity index (χ3n) is 9.44. The molecule has 0 bridgehead atoms. The summed E-state index contributed by atoms with van der Waals surface area (Å²) in [5, 5.41) is 20.0. The highest BCUT2D eigenvalue weighted by molar-refractivity contribution is 6.11. The van der Waals surface area contributed by atoms with Gasteiger partial charge in [-0.3, -0.25) is 14.8 Å². The molecule has 0 aliphatic rings. The van der Waals surface area contributed by atoms with Crippen molar-refractivity contribution in [1.82, 2.24) is 19.8 Å². The normalized spacial score (nSPS) is 12.2. The molecule has 2 aromatic heterocycles. The second-order valence-electron chi connectivity index (χ2n) is 14.6. The van der Waals surface area contributed by atoms with E-state index in [2.05, 4.69) is 106 Å². The Kier molecular flexibility index (Phi) is 8.37. The Balaban J connectivity index is 1.25. The zero-order chi connectivity index (χ0) is 34.3. The average molecular weight is 640 g/mol. The van der Waals surface area contributed by atoms with Crippen molar-refractivity contribution >= 4 is 40.0 Å². The number of H-pyrrole nitrogens is 1. The SMILES string of the molecule is Cc1ccc(Nc2cccc(C(=O)N(c3ccccc3)c3ccccc3)c2)cc1NC(C)(C)C(C)(C)c1nnc2cc(C(C)(C)C)[nH]n12. The fourth-order valence-corrected chi connectivity index (χ4v) is 5.74. The summed E-state index contributed by atoms with van der Waals surface area (Å²) >= 11 is 0. The minimum absolute atomic E-state index is 0.0313. The highest BCUT2D eigenvalue weighted by atomic mass is 16.2. The first kappa shape index (κ1) is 32.6. The Hall–Kier alpha value is -5.37. The molecule has 1 amide bonds. The van der Waals surface area contributed by atoms with E-state index in [1.807, 2.05) is 89.4 Å². The Morgan fingerprint density at radius 1 is 0.729 bits per heavy atom. The molecule has 0 saturated carbocycles. The molecule has 8 heteroatoms. The van der Waals surface area contributed by atoms with E-state index in [0.717, 1.165) is 51.2 Å². The van der Waals surface area contributed by atoms with Crippen molar-refractivity contribution in [2.24, 2.45) is 0 Å². The van der Waals surface area contributed by atoms with Crippen molar-refractivity contribution < 1.29 is 4.79 Å². The van der Waals surface area contributed by atoms with Gasteiger partial charge in [0.25, 0.3) is 5.91 Å². The van der Waals surface area contributed by atoms with Gasteiger partial charge < -0.3 is 10.6 Å². The maximum Gasteiger partial charge on any atom is 0.262 e. The first-order valence-electron chi connectivity index (χ1n) is 16.4. The first-order valence-corrected chi connectivity index (χ1v) is 16.4. The molecule has 0 fully saturated rings. The van der Waals surface area contributed by atoms with Crippen LogP contribution in [0.2, 0.25) is 0 Å². The number of nitrogens with zero attached hydrogens (tertiary/aromatic N) is 4. The van der Waals surface area contributed by atoms with Crippen molar-refractivity contribution in [2.75, 3.05) is 15.5 Å². The van der Waals surface area contributed by atoms with Gasteiger partial charge in [-0.2, -0.15) is 0 Å². The monoisotopic (exact) mass is 639 g/mol. The Morgan fingerprint density at radius 2 is 1.35 bits per heavy atom. The summed E-state index contributed by atoms with van der Waals surface area (Å²) < 4.78 is 2.01. The molecule has 0 radical (unpaired) electrons. The molecule has 0 spiro atoms. The van der Waals surface area contributed by atoms with Crippen LogP contribution in [0.5, 0.6) is 0 Å². The lowest BCUT2D eigenvalue weighted by molar-refractivity contribution is 0.0999. The van der Waals surface area contributed by atoms with E-state index in [-0.39, 0.29) is 11.3 Å². The zero-order valence-corrected chi connectivity index (χ0v) is 29.1. The molecule has 8 nitrogen and oxygen atoms in total. The number of fused-ring (bicyclic) bond motifs is 1. The van der Waals surface area contributed by atoms with E-state index in [1.165, 1.54) is 0 Å². The molecule has 6 aromatic rings. The number of para-hydroxylation sites is 2. The van der Waals surface area contributed by atoms with E-state index in [0.29, 0.717) is 5.56 Å². The largest absolute Gasteiger partial charge is 0.379 e. The minimum atomic E-state index is -0.420. The Labute approximate surface area is 283 Å². The predicted octanol–water partition coefficient (Wildman–Crippen LogP) is 9.55. The Bertz CT molecular complexity index is 2010. The van der Waals surface area contributed by atoms with Crippen molar-refractivity contribution in [1.29, 1.82) is 0 Å². The molecule has 0 aliphatic carbocycles. The van der Waals surface area contributed by atoms with Crippen molar-refractivity contribution in [3.8, 4) is 0 Å². The van der Waals surface area contributed by atoms with Crippen LogP contribution in [0.4, 0.5) is 28.4 Å². The Morgan fingerprint density at radius 3 is 1.98 bits per heavy atom. The third kappa shape index (κ3) is 6.30. The smallest absolute Gasteiger partial charge is 0.262 e. The van der Waals surface area contributed by atoms with E-state index in [4.69, 9.17) is 0 Å². The molecular formula is C40H45N7O. The number of aromatic amines is 1. The maximum atomic E-state index is 14.0. The van der Waals surface area contributed by atoms with Crippen LogP contribution in [0, 0.1) is 6.92 Å². The number of benzene rings is 4. The molecule has 0 aliphatic heterocycles. The molecule has 48 heavy (non-hydrogen) atoms. The van der Waals surface area contributed by atoms with Gasteiger partial charge in [-0.15, -0.1) is 10.2 Å². The van der Waals surface area contributed by atoms with Gasteiger partial charge in [0.05, 0.1) is 0 Å². The summed E-state index contributed by atoms with van der Waals surface area (Å²) in [5.41, 5.74) is 7.13. The van der Waals surface area contributed by atoms with Crippen molar-refractivity contribution in [3.63, 3.8) is 0 Å². The van der Waals surface area contributed by atoms with Crippen LogP contribution in [0.25, 0.3) is 5.65 Å². The van der Waals surface area contributed by atoms with Gasteiger partial charge in [-0.05, 0) is 80.9 Å². The molecule has 246 valence electrons. The van der Waals surface area contributed by atoms with Crippen LogP contribution in [0.1, 0.15) is 75.9 Å². The number of amides is 1. The van der Waals surface area contributed by atoms with Crippen LogP contribution in [-0.4, -0.2) is 31.3 Å². The zero-order valence-electron chi connectivity index (χ0n) is 29.1. The topological polar surface area (TPSA) is 90.3 Å². The molecule has 0 atom stereocenters. The number of aryl methyl sites for hydroxylation is 1. The van der Waals surface area contributed by atoms with Crippen LogP contribution < -0.4 is 15.5 Å². The quantitative estimate of drug-likeness (QED) is 0.147. The molecule has 0 unspecified atom stereocenters. The fourth-order valence-electron chi connectivity index (χ4n) is 5.74. The van der Waals surface area contributed by atoms with Gasteiger partial charge >= 0.3 is 0 Å². The first-order chi connectivity index (χ1) is 22.7. The summed E-state index contributed by atoms with van der Waals surface area (Å²) in [6, 6.07) is 35.5. The number of aromatic nitrogens is 4. The second-order valence-corrected chi connectivity index (χ2v) is 14.6. The van der Waals surface area contributed by atoms with E-state index in [9.17, 15) is 4.79 Å². The minimum Gasteiger partial charge on any atom is -0.379 e. The lowest BCUT2D eigenvalue weighted by Crippen LogP contribution is -2.50. The third-order valence-corrected chi connectivity index (χ3v) is 9.44. The number of anilines is 5. The molecule has 6 rings (SSSR count). The summed E-state index contributed by atoms with van der Waals surface area (Å²) in [6.45, 7) is 17.4. The van der Waals surface area contributed by atoms with E-state index < -0.39 is 11.0 Å². The van der Waals surface area contributed by atoms with Crippen LogP contribution in [0.3, 0.4) is 0 Å². The average Bonchev–Trinajstić information content (AvgIpc) is 3.66. The number of hydrogen-bond donors (Lipinski definition) is 3. The van der Waals surface area contributed by atoms with Crippen molar-refractivity contribution in [3.05, 3.63) is 132 Å². The molecule has 3 N–H and O–H groups in total. The highest BCUT2D eigenvalue weighted by Gasteiger charge is 2.43. The fraction of sp³-hybridized carbons (Fsp3) is 0.275. The maximum absolute atomic E-state index is 14.0. The van der Waals surface area contributed by atoms with E-state index >= 15 is 0 Å². The molecule has 2 heterocycles. The van der Waals surface area contributed by atoms with Crippen LogP contribution in [0.15, 0.2) is 109 Å². The van der Waals surface area contributed by atoms with Gasteiger partial charge in [-0.25, -0.2) is 4.52 Å². The standard InChI is InChI=1S/C40H45N7O/c1-27-22-23-30(25-33(27)42-40(7,8)39(5,6)37-44-43-35-26-34(38(2,3)4)45-47(35)37)41-29-17-15-16-28(24-29)36(48)46(31-18-11-9-12-19-31)32-20-13-10-14-21-32/h9-26,41-42,45H,1-8H3. The van der Waals surface area contributed by atoms with Gasteiger partial charge in [0.15, 0.2) is 11.5 Å². The summed E-state index contributed by atoms with van der Waals surface area (Å²) in [4.78, 5) is 15.8. The van der Waals surface area contributed by atoms with Crippen molar-refractivity contribution in [2.45, 2.75) is 71.8 Å². The summed E-state index contributed by atoms with van der Waals surface area (Å²) in [5.74, 6) is 0.754.